The highest BCUT2D eigenvalue weighted by Crippen LogP contribution is 2.23. The van der Waals surface area contributed by atoms with Crippen LogP contribution in [-0.2, 0) is 13.1 Å². The van der Waals surface area contributed by atoms with Crippen molar-refractivity contribution in [2.75, 3.05) is 25.1 Å². The second kappa shape index (κ2) is 7.42. The van der Waals surface area contributed by atoms with E-state index in [0.717, 1.165) is 36.8 Å². The first-order valence-electron chi connectivity index (χ1n) is 8.18. The summed E-state index contributed by atoms with van der Waals surface area (Å²) in [7, 11) is 1.64. The van der Waals surface area contributed by atoms with Gasteiger partial charge in [0.15, 0.2) is 0 Å². The molecule has 3 heterocycles. The Labute approximate surface area is 137 Å². The Hall–Kier alpha value is -2.14. The zero-order valence-electron chi connectivity index (χ0n) is 13.9. The average molecular weight is 312 g/mol. The molecule has 0 atom stereocenters. The lowest BCUT2D eigenvalue weighted by Gasteiger charge is -2.20. The van der Waals surface area contributed by atoms with Gasteiger partial charge in [-0.2, -0.15) is 0 Å². The zero-order valence-corrected chi connectivity index (χ0v) is 13.9. The van der Waals surface area contributed by atoms with E-state index in [1.54, 1.807) is 7.11 Å². The third-order valence-corrected chi connectivity index (χ3v) is 4.11. The Balaban J connectivity index is 1.65. The van der Waals surface area contributed by atoms with Gasteiger partial charge in [0.1, 0.15) is 5.82 Å². The summed E-state index contributed by atoms with van der Waals surface area (Å²) >= 11 is 0. The third-order valence-electron chi connectivity index (χ3n) is 4.11. The van der Waals surface area contributed by atoms with Crippen LogP contribution in [0.2, 0.25) is 0 Å². The smallest absolute Gasteiger partial charge is 0.213 e. The second-order valence-corrected chi connectivity index (χ2v) is 5.90. The Bertz CT molecular complexity index is 653. The van der Waals surface area contributed by atoms with Crippen molar-refractivity contribution in [3.8, 4) is 5.88 Å². The van der Waals surface area contributed by atoms with Gasteiger partial charge in [0.2, 0.25) is 5.88 Å². The molecule has 0 bridgehead atoms. The van der Waals surface area contributed by atoms with Gasteiger partial charge in [0.05, 0.1) is 12.8 Å². The molecular formula is C18H24N4O. The molecular weight excluding hydrogens is 288 g/mol. The molecule has 0 unspecified atom stereocenters. The van der Waals surface area contributed by atoms with Crippen molar-refractivity contribution in [1.29, 1.82) is 0 Å². The van der Waals surface area contributed by atoms with Gasteiger partial charge >= 0.3 is 0 Å². The lowest BCUT2D eigenvalue weighted by Crippen LogP contribution is -2.23. The molecule has 0 saturated carbocycles. The van der Waals surface area contributed by atoms with Gasteiger partial charge in [-0.25, -0.2) is 9.97 Å². The molecule has 1 saturated heterocycles. The van der Waals surface area contributed by atoms with Gasteiger partial charge in [-0.3, -0.25) is 0 Å². The Morgan fingerprint density at radius 3 is 2.70 bits per heavy atom. The fourth-order valence-electron chi connectivity index (χ4n) is 2.91. The first-order chi connectivity index (χ1) is 11.3. The van der Waals surface area contributed by atoms with Crippen molar-refractivity contribution in [3.05, 3.63) is 47.3 Å². The van der Waals surface area contributed by atoms with Crippen LogP contribution in [0.1, 0.15) is 29.8 Å². The molecule has 23 heavy (non-hydrogen) atoms. The van der Waals surface area contributed by atoms with Crippen molar-refractivity contribution in [2.45, 2.75) is 32.9 Å². The van der Waals surface area contributed by atoms with E-state index < -0.39 is 0 Å². The van der Waals surface area contributed by atoms with Crippen LogP contribution in [-0.4, -0.2) is 30.2 Å². The highest BCUT2D eigenvalue weighted by atomic mass is 16.5. The monoisotopic (exact) mass is 312 g/mol. The maximum Gasteiger partial charge on any atom is 0.213 e. The lowest BCUT2D eigenvalue weighted by atomic mass is 10.2. The van der Waals surface area contributed by atoms with Crippen molar-refractivity contribution in [3.63, 3.8) is 0 Å². The van der Waals surface area contributed by atoms with Crippen LogP contribution in [0.15, 0.2) is 30.3 Å². The molecule has 0 amide bonds. The fraction of sp³-hybridized carbons (Fsp3) is 0.444. The number of methoxy groups -OCH3 is 1. The second-order valence-electron chi connectivity index (χ2n) is 5.90. The molecule has 1 aliphatic heterocycles. The first kappa shape index (κ1) is 15.7. The lowest BCUT2D eigenvalue weighted by molar-refractivity contribution is 0.395. The van der Waals surface area contributed by atoms with E-state index in [0.29, 0.717) is 12.4 Å². The highest BCUT2D eigenvalue weighted by Gasteiger charge is 2.17. The minimum atomic E-state index is 0.652. The minimum absolute atomic E-state index is 0.652. The number of pyridine rings is 2. The van der Waals surface area contributed by atoms with E-state index in [9.17, 15) is 0 Å². The van der Waals surface area contributed by atoms with Gasteiger partial charge < -0.3 is 15.0 Å². The Morgan fingerprint density at radius 1 is 1.09 bits per heavy atom. The van der Waals surface area contributed by atoms with Crippen molar-refractivity contribution < 1.29 is 4.74 Å². The topological polar surface area (TPSA) is 50.3 Å². The number of ether oxygens (including phenoxy) is 1. The zero-order chi connectivity index (χ0) is 16.1. The summed E-state index contributed by atoms with van der Waals surface area (Å²) in [6, 6.07) is 10.1. The molecule has 5 heteroatoms. The summed E-state index contributed by atoms with van der Waals surface area (Å²) in [6.07, 6.45) is 2.52. The minimum Gasteiger partial charge on any atom is -0.481 e. The summed E-state index contributed by atoms with van der Waals surface area (Å²) in [4.78, 5) is 11.6. The van der Waals surface area contributed by atoms with Gasteiger partial charge in [0.25, 0.3) is 0 Å². The van der Waals surface area contributed by atoms with Gasteiger partial charge in [-0.05, 0) is 31.9 Å². The molecule has 0 aliphatic carbocycles. The first-order valence-corrected chi connectivity index (χ1v) is 8.18. The average Bonchev–Trinajstić information content (AvgIpc) is 3.11. The maximum atomic E-state index is 5.16. The molecule has 0 radical (unpaired) electrons. The van der Waals surface area contributed by atoms with Crippen LogP contribution < -0.4 is 15.0 Å². The van der Waals surface area contributed by atoms with Crippen LogP contribution in [0.5, 0.6) is 5.88 Å². The number of hydrogen-bond donors (Lipinski definition) is 1. The maximum absolute atomic E-state index is 5.16. The summed E-state index contributed by atoms with van der Waals surface area (Å²) in [6.45, 7) is 5.78. The number of nitrogens with zero attached hydrogens (tertiary/aromatic N) is 3. The number of rotatable bonds is 6. The Morgan fingerprint density at radius 2 is 1.91 bits per heavy atom. The highest BCUT2D eigenvalue weighted by molar-refractivity contribution is 5.48. The molecule has 5 nitrogen and oxygen atoms in total. The summed E-state index contributed by atoms with van der Waals surface area (Å²) < 4.78 is 5.16. The molecule has 1 N–H and O–H groups in total. The number of aryl methyl sites for hydroxylation is 1. The number of anilines is 1. The number of hydrogen-bond acceptors (Lipinski definition) is 5. The van der Waals surface area contributed by atoms with Crippen LogP contribution >= 0.6 is 0 Å². The van der Waals surface area contributed by atoms with Gasteiger partial charge in [0, 0.05) is 43.5 Å². The normalized spacial score (nSPS) is 14.3. The third kappa shape index (κ3) is 3.99. The van der Waals surface area contributed by atoms with Gasteiger partial charge in [-0.15, -0.1) is 0 Å². The SMILES string of the molecule is COc1cccc(CNCc2ccc(C)nc2N2CCCC2)n1. The summed E-state index contributed by atoms with van der Waals surface area (Å²) in [5.41, 5.74) is 3.30. The van der Waals surface area contributed by atoms with E-state index in [2.05, 4.69) is 34.3 Å². The summed E-state index contributed by atoms with van der Waals surface area (Å²) in [5.74, 6) is 1.78. The molecule has 2 aromatic heterocycles. The molecule has 122 valence electrons. The molecule has 2 aromatic rings. The summed E-state index contributed by atoms with van der Waals surface area (Å²) in [5, 5.41) is 3.47. The Kier molecular flexibility index (Phi) is 5.08. The predicted octanol–water partition coefficient (Wildman–Crippen LogP) is 2.68. The van der Waals surface area contributed by atoms with Crippen LogP contribution in [0, 0.1) is 6.92 Å². The molecule has 1 fully saturated rings. The molecule has 1 aliphatic rings. The van der Waals surface area contributed by atoms with Crippen LogP contribution in [0.3, 0.4) is 0 Å². The van der Waals surface area contributed by atoms with E-state index in [1.165, 1.54) is 18.4 Å². The molecule has 0 aromatic carbocycles. The van der Waals surface area contributed by atoms with E-state index in [1.807, 2.05) is 18.2 Å². The number of aromatic nitrogens is 2. The molecule has 3 rings (SSSR count). The van der Waals surface area contributed by atoms with Crippen molar-refractivity contribution >= 4 is 5.82 Å². The van der Waals surface area contributed by atoms with Crippen molar-refractivity contribution in [2.24, 2.45) is 0 Å². The largest absolute Gasteiger partial charge is 0.481 e. The quantitative estimate of drug-likeness (QED) is 0.889. The van der Waals surface area contributed by atoms with Crippen LogP contribution in [0.25, 0.3) is 0 Å². The van der Waals surface area contributed by atoms with Gasteiger partial charge in [-0.1, -0.05) is 12.1 Å². The van der Waals surface area contributed by atoms with E-state index in [4.69, 9.17) is 9.72 Å². The standard InChI is InChI=1S/C18H24N4O/c1-14-8-9-15(18(20-14)22-10-3-4-11-22)12-19-13-16-6-5-7-17(21-16)23-2/h5-9,19H,3-4,10-13H2,1-2H3. The number of nitrogens with one attached hydrogen (secondary N) is 1. The molecule has 0 spiro atoms. The van der Waals surface area contributed by atoms with E-state index in [-0.39, 0.29) is 0 Å². The fourth-order valence-corrected chi connectivity index (χ4v) is 2.91. The van der Waals surface area contributed by atoms with E-state index >= 15 is 0 Å². The van der Waals surface area contributed by atoms with Crippen LogP contribution in [0.4, 0.5) is 5.82 Å². The van der Waals surface area contributed by atoms with Crippen molar-refractivity contribution in [1.82, 2.24) is 15.3 Å². The predicted molar refractivity (Wildman–Crippen MR) is 91.8 cm³/mol.